The van der Waals surface area contributed by atoms with E-state index in [1.807, 2.05) is 24.3 Å². The number of hydrogen-bond acceptors (Lipinski definition) is 6. The number of para-hydroxylation sites is 1. The van der Waals surface area contributed by atoms with Crippen molar-refractivity contribution in [1.82, 2.24) is 4.98 Å². The molecule has 0 unspecified atom stereocenters. The predicted molar refractivity (Wildman–Crippen MR) is 127 cm³/mol. The largest absolute Gasteiger partial charge is 0.497 e. The number of nitrogens with one attached hydrogen (secondary N) is 1. The second kappa shape index (κ2) is 8.97. The lowest BCUT2D eigenvalue weighted by Gasteiger charge is -2.22. The summed E-state index contributed by atoms with van der Waals surface area (Å²) >= 11 is 1.34. The molecule has 0 saturated heterocycles. The highest BCUT2D eigenvalue weighted by atomic mass is 32.2. The number of amides is 1. The molecular formula is C23H21N3O4S2. The molecule has 1 amide bonds. The van der Waals surface area contributed by atoms with Gasteiger partial charge in [-0.15, -0.1) is 0 Å². The van der Waals surface area contributed by atoms with Crippen LogP contribution in [0.15, 0.2) is 77.7 Å². The summed E-state index contributed by atoms with van der Waals surface area (Å²) in [5.74, 6) is 0.350. The fourth-order valence-corrected chi connectivity index (χ4v) is 5.61. The van der Waals surface area contributed by atoms with Crippen molar-refractivity contribution in [1.29, 1.82) is 0 Å². The maximum Gasteiger partial charge on any atom is 0.264 e. The van der Waals surface area contributed by atoms with Crippen LogP contribution in [0.1, 0.15) is 17.3 Å². The van der Waals surface area contributed by atoms with Gasteiger partial charge in [0.05, 0.1) is 27.9 Å². The average molecular weight is 468 g/mol. The van der Waals surface area contributed by atoms with Gasteiger partial charge in [-0.3, -0.25) is 14.4 Å². The smallest absolute Gasteiger partial charge is 0.264 e. The van der Waals surface area contributed by atoms with Gasteiger partial charge in [0.1, 0.15) is 5.75 Å². The third kappa shape index (κ3) is 4.30. The second-order valence-electron chi connectivity index (χ2n) is 6.84. The van der Waals surface area contributed by atoms with Crippen LogP contribution >= 0.6 is 11.3 Å². The van der Waals surface area contributed by atoms with Crippen molar-refractivity contribution in [3.63, 3.8) is 0 Å². The van der Waals surface area contributed by atoms with Crippen molar-refractivity contribution in [3.05, 3.63) is 78.4 Å². The number of benzene rings is 3. The molecule has 4 rings (SSSR count). The molecule has 0 atom stereocenters. The summed E-state index contributed by atoms with van der Waals surface area (Å²) in [4.78, 5) is 17.2. The Bertz CT molecular complexity index is 1350. The summed E-state index contributed by atoms with van der Waals surface area (Å²) in [6, 6.07) is 20.3. The van der Waals surface area contributed by atoms with Gasteiger partial charge in [0.2, 0.25) is 0 Å². The van der Waals surface area contributed by atoms with E-state index in [-0.39, 0.29) is 17.3 Å². The zero-order valence-corrected chi connectivity index (χ0v) is 19.1. The number of rotatable bonds is 7. The molecule has 0 aliphatic heterocycles. The molecule has 1 heterocycles. The van der Waals surface area contributed by atoms with E-state index in [4.69, 9.17) is 4.74 Å². The van der Waals surface area contributed by atoms with Gasteiger partial charge in [0.15, 0.2) is 5.13 Å². The Morgan fingerprint density at radius 1 is 1.06 bits per heavy atom. The van der Waals surface area contributed by atoms with Crippen LogP contribution in [-0.4, -0.2) is 33.0 Å². The average Bonchev–Trinajstić information content (AvgIpc) is 3.21. The number of hydrogen-bond donors (Lipinski definition) is 1. The zero-order chi connectivity index (χ0) is 22.7. The third-order valence-corrected chi connectivity index (χ3v) is 7.70. The fraction of sp³-hybridized carbons (Fsp3) is 0.130. The minimum atomic E-state index is -3.75. The molecule has 1 N–H and O–H groups in total. The number of methoxy groups -OCH3 is 1. The maximum atomic E-state index is 13.1. The van der Waals surface area contributed by atoms with Gasteiger partial charge < -0.3 is 4.74 Å². The first-order valence-corrected chi connectivity index (χ1v) is 12.1. The standard InChI is InChI=1S/C23H21N3O4S2/c1-3-26(17-7-5-4-6-8-17)32(28,29)19-12-9-16(10-13-19)22(27)25-23-24-20-14-11-18(30-2)15-21(20)31-23/h4-15H,3H2,1-2H3,(H,24,25,27). The lowest BCUT2D eigenvalue weighted by atomic mass is 10.2. The number of aromatic nitrogens is 1. The van der Waals surface area contributed by atoms with Crippen LogP contribution in [-0.2, 0) is 10.0 Å². The van der Waals surface area contributed by atoms with Crippen LogP contribution in [0.5, 0.6) is 5.75 Å². The van der Waals surface area contributed by atoms with Gasteiger partial charge in [0.25, 0.3) is 15.9 Å². The maximum absolute atomic E-state index is 13.1. The van der Waals surface area contributed by atoms with E-state index < -0.39 is 10.0 Å². The van der Waals surface area contributed by atoms with Crippen LogP contribution in [0.4, 0.5) is 10.8 Å². The number of sulfonamides is 1. The summed E-state index contributed by atoms with van der Waals surface area (Å²) in [5, 5.41) is 3.23. The molecule has 0 radical (unpaired) electrons. The fourth-order valence-electron chi connectivity index (χ4n) is 3.25. The number of nitrogens with zero attached hydrogens (tertiary/aromatic N) is 2. The van der Waals surface area contributed by atoms with E-state index in [0.29, 0.717) is 22.1 Å². The van der Waals surface area contributed by atoms with Crippen LogP contribution in [0, 0.1) is 0 Å². The number of thiazole rings is 1. The predicted octanol–water partition coefficient (Wildman–Crippen LogP) is 4.77. The van der Waals surface area contributed by atoms with E-state index in [0.717, 1.165) is 10.2 Å². The molecule has 7 nitrogen and oxygen atoms in total. The number of fused-ring (bicyclic) bond motifs is 1. The van der Waals surface area contributed by atoms with Crippen molar-refractivity contribution in [2.45, 2.75) is 11.8 Å². The van der Waals surface area contributed by atoms with Crippen LogP contribution < -0.4 is 14.4 Å². The van der Waals surface area contributed by atoms with Gasteiger partial charge in [-0.25, -0.2) is 13.4 Å². The second-order valence-corrected chi connectivity index (χ2v) is 9.73. The van der Waals surface area contributed by atoms with Crippen molar-refractivity contribution in [2.24, 2.45) is 0 Å². The van der Waals surface area contributed by atoms with Crippen molar-refractivity contribution >= 4 is 48.3 Å². The Kier molecular flexibility index (Phi) is 6.11. The SMILES string of the molecule is CCN(c1ccccc1)S(=O)(=O)c1ccc(C(=O)Nc2nc3ccc(OC)cc3s2)cc1. The van der Waals surface area contributed by atoms with E-state index in [1.165, 1.54) is 39.9 Å². The Morgan fingerprint density at radius 3 is 2.44 bits per heavy atom. The molecule has 0 fully saturated rings. The van der Waals surface area contributed by atoms with Gasteiger partial charge in [-0.1, -0.05) is 29.5 Å². The van der Waals surface area contributed by atoms with Gasteiger partial charge in [-0.05, 0) is 61.5 Å². The molecular weight excluding hydrogens is 446 g/mol. The lowest BCUT2D eigenvalue weighted by molar-refractivity contribution is 0.102. The molecule has 0 saturated carbocycles. The van der Waals surface area contributed by atoms with E-state index in [1.54, 1.807) is 38.3 Å². The molecule has 9 heteroatoms. The van der Waals surface area contributed by atoms with Crippen LogP contribution in [0.25, 0.3) is 10.2 Å². The van der Waals surface area contributed by atoms with Gasteiger partial charge >= 0.3 is 0 Å². The topological polar surface area (TPSA) is 88.6 Å². The highest BCUT2D eigenvalue weighted by Crippen LogP contribution is 2.29. The molecule has 0 aliphatic carbocycles. The van der Waals surface area contributed by atoms with Crippen molar-refractivity contribution in [2.75, 3.05) is 23.3 Å². The van der Waals surface area contributed by atoms with Crippen LogP contribution in [0.2, 0.25) is 0 Å². The summed E-state index contributed by atoms with van der Waals surface area (Å²) in [5.41, 5.74) is 1.68. The minimum Gasteiger partial charge on any atom is -0.497 e. The first-order chi connectivity index (χ1) is 15.4. The molecule has 32 heavy (non-hydrogen) atoms. The summed E-state index contributed by atoms with van der Waals surface area (Å²) < 4.78 is 33.6. The van der Waals surface area contributed by atoms with Gasteiger partial charge in [-0.2, -0.15) is 0 Å². The number of ether oxygens (including phenoxy) is 1. The molecule has 0 bridgehead atoms. The lowest BCUT2D eigenvalue weighted by Crippen LogP contribution is -2.30. The zero-order valence-electron chi connectivity index (χ0n) is 17.5. The molecule has 164 valence electrons. The normalized spacial score (nSPS) is 11.3. The molecule has 1 aromatic heterocycles. The Hall–Kier alpha value is -3.43. The monoisotopic (exact) mass is 467 g/mol. The number of carbonyl (C=O) groups excluding carboxylic acids is 1. The highest BCUT2D eigenvalue weighted by Gasteiger charge is 2.23. The van der Waals surface area contributed by atoms with Crippen molar-refractivity contribution < 1.29 is 17.9 Å². The van der Waals surface area contributed by atoms with E-state index in [2.05, 4.69) is 10.3 Å². The Morgan fingerprint density at radius 2 is 1.78 bits per heavy atom. The molecule has 0 spiro atoms. The number of carbonyl (C=O) groups is 1. The quantitative estimate of drug-likeness (QED) is 0.423. The summed E-state index contributed by atoms with van der Waals surface area (Å²) in [6.45, 7) is 2.07. The third-order valence-electron chi connectivity index (χ3n) is 4.85. The molecule has 4 aromatic rings. The summed E-state index contributed by atoms with van der Waals surface area (Å²) in [6.07, 6.45) is 0. The minimum absolute atomic E-state index is 0.117. The first kappa shape index (κ1) is 21.8. The first-order valence-electron chi connectivity index (χ1n) is 9.86. The molecule has 3 aromatic carbocycles. The highest BCUT2D eigenvalue weighted by molar-refractivity contribution is 7.92. The Balaban J connectivity index is 1.53. The number of anilines is 2. The summed E-state index contributed by atoms with van der Waals surface area (Å²) in [7, 11) is -2.16. The Labute approximate surface area is 190 Å². The van der Waals surface area contributed by atoms with Crippen LogP contribution in [0.3, 0.4) is 0 Å². The molecule has 0 aliphatic rings. The van der Waals surface area contributed by atoms with E-state index in [9.17, 15) is 13.2 Å². The van der Waals surface area contributed by atoms with Crippen molar-refractivity contribution in [3.8, 4) is 5.75 Å². The van der Waals surface area contributed by atoms with E-state index >= 15 is 0 Å². The van der Waals surface area contributed by atoms with Gasteiger partial charge in [0, 0.05) is 12.1 Å².